The van der Waals surface area contributed by atoms with E-state index in [1.54, 1.807) is 12.3 Å². The molecule has 1 saturated carbocycles. The number of sulfone groups is 1. The van der Waals surface area contributed by atoms with Crippen LogP contribution in [0.5, 0.6) is 0 Å². The summed E-state index contributed by atoms with van der Waals surface area (Å²) in [6, 6.07) is 10.5. The highest BCUT2D eigenvalue weighted by molar-refractivity contribution is 7.90. The highest BCUT2D eigenvalue weighted by Crippen LogP contribution is 2.27. The first kappa shape index (κ1) is 22.5. The van der Waals surface area contributed by atoms with Crippen LogP contribution in [0.4, 0.5) is 0 Å². The number of nitrogens with zero attached hydrogens (tertiary/aromatic N) is 4. The van der Waals surface area contributed by atoms with Crippen molar-refractivity contribution in [3.05, 3.63) is 47.7 Å². The third-order valence-corrected chi connectivity index (χ3v) is 8.37. The minimum Gasteiger partial charge on any atom is -0.339 e. The predicted octanol–water partition coefficient (Wildman–Crippen LogP) is 2.21. The van der Waals surface area contributed by atoms with Crippen LogP contribution in [-0.4, -0.2) is 85.6 Å². The molecule has 2 aromatic rings. The van der Waals surface area contributed by atoms with Crippen molar-refractivity contribution in [3.63, 3.8) is 0 Å². The third kappa shape index (κ3) is 4.98. The molecule has 0 N–H and O–H groups in total. The zero-order valence-electron chi connectivity index (χ0n) is 19.2. The van der Waals surface area contributed by atoms with E-state index in [9.17, 15) is 13.2 Å². The van der Waals surface area contributed by atoms with Crippen LogP contribution in [0, 0.1) is 0 Å². The molecule has 1 aliphatic carbocycles. The van der Waals surface area contributed by atoms with Gasteiger partial charge in [0.2, 0.25) is 5.91 Å². The topological polar surface area (TPSA) is 73.8 Å². The first-order valence-electron chi connectivity index (χ1n) is 11.9. The molecule has 5 rings (SSSR count). The van der Waals surface area contributed by atoms with Gasteiger partial charge in [0.1, 0.15) is 0 Å². The van der Waals surface area contributed by atoms with Crippen LogP contribution in [0.2, 0.25) is 0 Å². The van der Waals surface area contributed by atoms with Gasteiger partial charge in [-0.05, 0) is 48.1 Å². The second kappa shape index (κ2) is 9.16. The Balaban J connectivity index is 1.18. The molecular weight excluding hydrogens is 436 g/mol. The zero-order valence-corrected chi connectivity index (χ0v) is 20.1. The van der Waals surface area contributed by atoms with Gasteiger partial charge in [-0.3, -0.25) is 14.6 Å². The summed E-state index contributed by atoms with van der Waals surface area (Å²) in [7, 11) is -3.30. The summed E-state index contributed by atoms with van der Waals surface area (Å²) in [6.45, 7) is 5.89. The Hall–Kier alpha value is -2.29. The second-order valence-corrected chi connectivity index (χ2v) is 11.6. The van der Waals surface area contributed by atoms with Crippen molar-refractivity contribution >= 4 is 15.7 Å². The summed E-state index contributed by atoms with van der Waals surface area (Å²) >= 11 is 0. The normalized spacial score (nSPS) is 20.3. The Kier molecular flexibility index (Phi) is 6.24. The first-order valence-corrected chi connectivity index (χ1v) is 13.8. The number of amides is 1. The van der Waals surface area contributed by atoms with E-state index in [1.807, 2.05) is 11.0 Å². The van der Waals surface area contributed by atoms with Crippen molar-refractivity contribution < 1.29 is 13.2 Å². The second-order valence-electron chi connectivity index (χ2n) is 9.60. The first-order chi connectivity index (χ1) is 15.9. The van der Waals surface area contributed by atoms with E-state index in [0.717, 1.165) is 62.9 Å². The van der Waals surface area contributed by atoms with Crippen molar-refractivity contribution in [2.75, 3.05) is 45.5 Å². The highest BCUT2D eigenvalue weighted by atomic mass is 32.2. The third-order valence-electron chi connectivity index (χ3n) is 7.36. The number of rotatable bonds is 5. The molecule has 1 aromatic carbocycles. The molecule has 0 bridgehead atoms. The van der Waals surface area contributed by atoms with E-state index in [1.165, 1.54) is 36.6 Å². The maximum atomic E-state index is 12.9. The largest absolute Gasteiger partial charge is 0.339 e. The fourth-order valence-electron chi connectivity index (χ4n) is 5.08. The van der Waals surface area contributed by atoms with Crippen molar-refractivity contribution in [2.24, 2.45) is 0 Å². The zero-order chi connectivity index (χ0) is 23.0. The van der Waals surface area contributed by atoms with Crippen molar-refractivity contribution in [1.82, 2.24) is 19.7 Å². The number of hydrogen-bond acceptors (Lipinski definition) is 6. The van der Waals surface area contributed by atoms with Gasteiger partial charge >= 0.3 is 0 Å². The van der Waals surface area contributed by atoms with Gasteiger partial charge < -0.3 is 4.90 Å². The fraction of sp³-hybridized carbons (Fsp3) is 0.520. The molecule has 3 heterocycles. The molecule has 1 amide bonds. The molecule has 33 heavy (non-hydrogen) atoms. The van der Waals surface area contributed by atoms with E-state index in [0.29, 0.717) is 6.54 Å². The Labute approximate surface area is 196 Å². The van der Waals surface area contributed by atoms with Crippen molar-refractivity contribution in [3.8, 4) is 11.1 Å². The van der Waals surface area contributed by atoms with E-state index >= 15 is 0 Å². The molecule has 3 aliphatic rings. The summed E-state index contributed by atoms with van der Waals surface area (Å²) in [5, 5.41) is 0.0916. The Morgan fingerprint density at radius 3 is 2.39 bits per heavy atom. The number of aromatic nitrogens is 1. The number of fused-ring (bicyclic) bond motifs is 1. The Bertz CT molecular complexity index is 1120. The molecule has 1 saturated heterocycles. The molecule has 7 nitrogen and oxygen atoms in total. The predicted molar refractivity (Wildman–Crippen MR) is 128 cm³/mol. The van der Waals surface area contributed by atoms with Gasteiger partial charge in [-0.1, -0.05) is 24.6 Å². The Morgan fingerprint density at radius 2 is 1.76 bits per heavy atom. The number of pyridine rings is 1. The van der Waals surface area contributed by atoms with Crippen LogP contribution in [0.3, 0.4) is 0 Å². The fourth-order valence-corrected chi connectivity index (χ4v) is 5.64. The van der Waals surface area contributed by atoms with E-state index < -0.39 is 9.84 Å². The van der Waals surface area contributed by atoms with E-state index in [4.69, 9.17) is 0 Å². The average molecular weight is 469 g/mol. The molecule has 1 aromatic heterocycles. The monoisotopic (exact) mass is 468 g/mol. The highest BCUT2D eigenvalue weighted by Gasteiger charge is 2.30. The van der Waals surface area contributed by atoms with Crippen LogP contribution in [0.15, 0.2) is 41.6 Å². The summed E-state index contributed by atoms with van der Waals surface area (Å²) in [6.07, 6.45) is 7.70. The number of carbonyl (C=O) groups is 1. The quantitative estimate of drug-likeness (QED) is 0.670. The van der Waals surface area contributed by atoms with Crippen LogP contribution in [0.1, 0.15) is 30.4 Å². The molecule has 0 unspecified atom stereocenters. The molecule has 2 fully saturated rings. The smallest absolute Gasteiger partial charge is 0.236 e. The minimum atomic E-state index is -3.30. The van der Waals surface area contributed by atoms with Crippen LogP contribution < -0.4 is 0 Å². The lowest BCUT2D eigenvalue weighted by Gasteiger charge is -2.43. The summed E-state index contributed by atoms with van der Waals surface area (Å²) in [5.41, 5.74) is 4.49. The van der Waals surface area contributed by atoms with Gasteiger partial charge in [0.25, 0.3) is 0 Å². The van der Waals surface area contributed by atoms with Gasteiger partial charge in [-0.25, -0.2) is 13.4 Å². The lowest BCUT2D eigenvalue weighted by molar-refractivity contribution is -0.135. The minimum absolute atomic E-state index is 0.0916. The maximum Gasteiger partial charge on any atom is 0.236 e. The SMILES string of the molecule is CS(=O)(=O)c1ccc(-c2ccc3c(c2)CCN(CC(=O)N2CCN(C4CCC4)CC2)C3)cn1. The summed E-state index contributed by atoms with van der Waals surface area (Å²) < 4.78 is 23.3. The van der Waals surface area contributed by atoms with Gasteiger partial charge in [0, 0.05) is 63.3 Å². The number of hydrogen-bond donors (Lipinski definition) is 0. The molecule has 0 spiro atoms. The van der Waals surface area contributed by atoms with E-state index in [2.05, 4.69) is 33.0 Å². The van der Waals surface area contributed by atoms with Gasteiger partial charge in [0.05, 0.1) is 6.54 Å². The van der Waals surface area contributed by atoms with Crippen molar-refractivity contribution in [1.29, 1.82) is 0 Å². The van der Waals surface area contributed by atoms with Crippen LogP contribution >= 0.6 is 0 Å². The number of piperazine rings is 1. The van der Waals surface area contributed by atoms with Gasteiger partial charge in [-0.2, -0.15) is 0 Å². The number of carbonyl (C=O) groups excluding carboxylic acids is 1. The molecule has 0 radical (unpaired) electrons. The molecular formula is C25H32N4O3S. The maximum absolute atomic E-state index is 12.9. The number of benzene rings is 1. The van der Waals surface area contributed by atoms with Crippen molar-refractivity contribution in [2.45, 2.75) is 43.3 Å². The van der Waals surface area contributed by atoms with E-state index in [-0.39, 0.29) is 10.9 Å². The molecule has 2 aliphatic heterocycles. The lowest BCUT2D eigenvalue weighted by Crippen LogP contribution is -2.55. The molecule has 0 atom stereocenters. The molecule has 176 valence electrons. The Morgan fingerprint density at radius 1 is 1.00 bits per heavy atom. The lowest BCUT2D eigenvalue weighted by atomic mass is 9.91. The van der Waals surface area contributed by atoms with Gasteiger partial charge in [0.15, 0.2) is 14.9 Å². The summed E-state index contributed by atoms with van der Waals surface area (Å²) in [4.78, 5) is 23.9. The average Bonchev–Trinajstić information content (AvgIpc) is 2.77. The summed E-state index contributed by atoms with van der Waals surface area (Å²) in [5.74, 6) is 0.250. The van der Waals surface area contributed by atoms with Gasteiger partial charge in [-0.15, -0.1) is 0 Å². The van der Waals surface area contributed by atoms with Crippen LogP contribution in [0.25, 0.3) is 11.1 Å². The standard InChI is InChI=1S/C25H32N4O3S/c1-33(31,32)24-8-7-21(16-26-24)19-5-6-22-17-27(10-9-20(22)15-19)18-25(30)29-13-11-28(12-14-29)23-3-2-4-23/h5-8,15-16,23H,2-4,9-14,17-18H2,1H3. The van der Waals surface area contributed by atoms with Crippen LogP contribution in [-0.2, 0) is 27.6 Å². The molecule has 8 heteroatoms.